The summed E-state index contributed by atoms with van der Waals surface area (Å²) in [6, 6.07) is 0. The van der Waals surface area contributed by atoms with Crippen LogP contribution in [0.1, 0.15) is 34.1 Å². The Bertz CT molecular complexity index is 245. The van der Waals surface area contributed by atoms with Crippen LogP contribution in [0.3, 0.4) is 0 Å². The van der Waals surface area contributed by atoms with E-state index in [1.807, 2.05) is 20.8 Å². The summed E-state index contributed by atoms with van der Waals surface area (Å²) in [5.74, 6) is -0.0858. The Morgan fingerprint density at radius 1 is 1.40 bits per heavy atom. The fraction of sp³-hybridized carbons (Fsp3) is 0.818. The molecule has 0 aliphatic rings. The molecule has 1 atom stereocenters. The summed E-state index contributed by atoms with van der Waals surface area (Å²) in [5.41, 5.74) is 0. The van der Waals surface area contributed by atoms with Crippen molar-refractivity contribution in [2.24, 2.45) is 5.92 Å². The average molecular weight is 231 g/mol. The second-order valence-corrected chi connectivity index (χ2v) is 6.02. The second-order valence-electron chi connectivity index (χ2n) is 4.81. The number of thiol groups is 1. The van der Waals surface area contributed by atoms with E-state index in [4.69, 9.17) is 0 Å². The van der Waals surface area contributed by atoms with Gasteiger partial charge in [-0.15, -0.1) is 0 Å². The number of ketones is 1. The van der Waals surface area contributed by atoms with Crippen LogP contribution in [0.2, 0.25) is 0 Å². The van der Waals surface area contributed by atoms with E-state index in [1.165, 1.54) is 11.8 Å². The molecule has 3 nitrogen and oxygen atoms in total. The Hall–Kier alpha value is -0.510. The summed E-state index contributed by atoms with van der Waals surface area (Å²) in [7, 11) is 1.66. The molecule has 4 heteroatoms. The van der Waals surface area contributed by atoms with Crippen molar-refractivity contribution in [3.8, 4) is 0 Å². The van der Waals surface area contributed by atoms with Gasteiger partial charge in [-0.3, -0.25) is 9.59 Å². The maximum Gasteiger partial charge on any atom is 0.225 e. The number of carbonyl (C=O) groups is 2. The van der Waals surface area contributed by atoms with Crippen LogP contribution in [-0.4, -0.2) is 34.9 Å². The summed E-state index contributed by atoms with van der Waals surface area (Å²) in [6.45, 7) is 7.50. The third-order valence-corrected chi connectivity index (χ3v) is 2.25. The number of hydrogen-bond donors (Lipinski definition) is 1. The van der Waals surface area contributed by atoms with Crippen LogP contribution in [-0.2, 0) is 9.59 Å². The van der Waals surface area contributed by atoms with Crippen molar-refractivity contribution in [2.75, 3.05) is 13.6 Å². The molecule has 0 bridgehead atoms. The summed E-state index contributed by atoms with van der Waals surface area (Å²) in [5, 5.41) is 0. The molecule has 0 fully saturated rings. The minimum absolute atomic E-state index is 0.00295. The van der Waals surface area contributed by atoms with Crippen molar-refractivity contribution in [3.05, 3.63) is 0 Å². The molecule has 15 heavy (non-hydrogen) atoms. The Balaban J connectivity index is 4.26. The number of Topliss-reactive ketones (excluding diaryl/α,β-unsaturated/α-hetero) is 1. The Labute approximate surface area is 97.6 Å². The number of hydrogen-bond acceptors (Lipinski definition) is 3. The van der Waals surface area contributed by atoms with E-state index in [9.17, 15) is 9.59 Å². The van der Waals surface area contributed by atoms with Gasteiger partial charge in [-0.05, 0) is 13.3 Å². The van der Waals surface area contributed by atoms with Crippen LogP contribution >= 0.6 is 12.6 Å². The monoisotopic (exact) mass is 231 g/mol. The highest BCUT2D eigenvalue weighted by atomic mass is 32.1. The molecule has 0 aromatic carbocycles. The van der Waals surface area contributed by atoms with Gasteiger partial charge in [-0.2, -0.15) is 12.6 Å². The molecule has 1 amide bonds. The molecular weight excluding hydrogens is 210 g/mol. The molecule has 0 radical (unpaired) electrons. The lowest BCUT2D eigenvalue weighted by Gasteiger charge is -2.25. The highest BCUT2D eigenvalue weighted by Crippen LogP contribution is 2.23. The van der Waals surface area contributed by atoms with E-state index in [0.29, 0.717) is 6.42 Å². The second kappa shape index (κ2) is 5.54. The highest BCUT2D eigenvalue weighted by Gasteiger charge is 2.24. The SMILES string of the molecule is CC(=O)CN(C)C(=O)C(C)CC(C)(C)S. The zero-order valence-corrected chi connectivity index (χ0v) is 11.1. The largest absolute Gasteiger partial charge is 0.338 e. The van der Waals surface area contributed by atoms with E-state index in [-0.39, 0.29) is 28.9 Å². The van der Waals surface area contributed by atoms with Crippen LogP contribution in [0.5, 0.6) is 0 Å². The van der Waals surface area contributed by atoms with Gasteiger partial charge in [-0.1, -0.05) is 20.8 Å². The number of rotatable bonds is 5. The first-order valence-corrected chi connectivity index (χ1v) is 5.55. The van der Waals surface area contributed by atoms with Gasteiger partial charge < -0.3 is 4.90 Å². The molecule has 0 aliphatic carbocycles. The smallest absolute Gasteiger partial charge is 0.225 e. The molecule has 0 N–H and O–H groups in total. The lowest BCUT2D eigenvalue weighted by molar-refractivity contribution is -0.136. The summed E-state index contributed by atoms with van der Waals surface area (Å²) < 4.78 is -0.161. The van der Waals surface area contributed by atoms with Crippen LogP contribution in [0.4, 0.5) is 0 Å². The van der Waals surface area contributed by atoms with E-state index in [2.05, 4.69) is 12.6 Å². The molecule has 1 unspecified atom stereocenters. The minimum Gasteiger partial charge on any atom is -0.338 e. The number of carbonyl (C=O) groups excluding carboxylic acids is 2. The predicted octanol–water partition coefficient (Wildman–Crippen LogP) is 1.77. The van der Waals surface area contributed by atoms with E-state index in [0.717, 1.165) is 0 Å². The lowest BCUT2D eigenvalue weighted by Crippen LogP contribution is -2.36. The number of amides is 1. The van der Waals surface area contributed by atoms with Crippen LogP contribution in [0.15, 0.2) is 0 Å². The van der Waals surface area contributed by atoms with Crippen molar-refractivity contribution >= 4 is 24.3 Å². The average Bonchev–Trinajstić information content (AvgIpc) is 1.98. The fourth-order valence-electron chi connectivity index (χ4n) is 1.62. The number of likely N-dealkylation sites (N-methyl/N-ethyl adjacent to an activating group) is 1. The fourth-order valence-corrected chi connectivity index (χ4v) is 1.90. The van der Waals surface area contributed by atoms with E-state index >= 15 is 0 Å². The van der Waals surface area contributed by atoms with E-state index in [1.54, 1.807) is 7.05 Å². The van der Waals surface area contributed by atoms with Crippen molar-refractivity contribution < 1.29 is 9.59 Å². The quantitative estimate of drug-likeness (QED) is 0.732. The minimum atomic E-state index is -0.161. The van der Waals surface area contributed by atoms with Gasteiger partial charge in [-0.25, -0.2) is 0 Å². The van der Waals surface area contributed by atoms with Crippen LogP contribution in [0.25, 0.3) is 0 Å². The molecule has 0 rings (SSSR count). The van der Waals surface area contributed by atoms with Crippen molar-refractivity contribution in [1.82, 2.24) is 4.90 Å². The molecule has 0 heterocycles. The molecule has 0 saturated carbocycles. The van der Waals surface area contributed by atoms with Crippen molar-refractivity contribution in [1.29, 1.82) is 0 Å². The third-order valence-electron chi connectivity index (χ3n) is 2.06. The van der Waals surface area contributed by atoms with Crippen molar-refractivity contribution in [2.45, 2.75) is 38.9 Å². The first kappa shape index (κ1) is 14.5. The Kier molecular flexibility index (Phi) is 5.35. The zero-order valence-electron chi connectivity index (χ0n) is 10.2. The third kappa shape index (κ3) is 6.55. The highest BCUT2D eigenvalue weighted by molar-refractivity contribution is 7.81. The molecule has 0 saturated heterocycles. The standard InChI is InChI=1S/C11H21NO2S/c1-8(6-11(3,4)15)10(14)12(5)7-9(2)13/h8,15H,6-7H2,1-5H3. The van der Waals surface area contributed by atoms with Gasteiger partial charge >= 0.3 is 0 Å². The Morgan fingerprint density at radius 3 is 2.20 bits per heavy atom. The Morgan fingerprint density at radius 2 is 1.87 bits per heavy atom. The first-order chi connectivity index (χ1) is 6.63. The predicted molar refractivity (Wildman–Crippen MR) is 65.2 cm³/mol. The topological polar surface area (TPSA) is 37.4 Å². The summed E-state index contributed by atoms with van der Waals surface area (Å²) in [4.78, 5) is 24.1. The first-order valence-electron chi connectivity index (χ1n) is 5.10. The molecule has 0 spiro atoms. The van der Waals surface area contributed by atoms with Gasteiger partial charge in [0.2, 0.25) is 5.91 Å². The molecule has 0 aliphatic heterocycles. The molecule has 0 aromatic heterocycles. The zero-order chi connectivity index (χ0) is 12.2. The normalized spacial score (nSPS) is 13.5. The van der Waals surface area contributed by atoms with Gasteiger partial charge in [0.15, 0.2) is 0 Å². The van der Waals surface area contributed by atoms with Crippen LogP contribution < -0.4 is 0 Å². The summed E-state index contributed by atoms with van der Waals surface area (Å²) in [6.07, 6.45) is 0.706. The summed E-state index contributed by atoms with van der Waals surface area (Å²) >= 11 is 4.39. The van der Waals surface area contributed by atoms with E-state index < -0.39 is 0 Å². The number of nitrogens with zero attached hydrogens (tertiary/aromatic N) is 1. The maximum absolute atomic E-state index is 11.8. The maximum atomic E-state index is 11.8. The molecule has 0 aromatic rings. The lowest BCUT2D eigenvalue weighted by atomic mass is 9.97. The van der Waals surface area contributed by atoms with Crippen LogP contribution in [0, 0.1) is 5.92 Å². The van der Waals surface area contributed by atoms with Gasteiger partial charge in [0, 0.05) is 17.7 Å². The molecular formula is C11H21NO2S. The van der Waals surface area contributed by atoms with Gasteiger partial charge in [0.25, 0.3) is 0 Å². The van der Waals surface area contributed by atoms with Gasteiger partial charge in [0.1, 0.15) is 5.78 Å². The van der Waals surface area contributed by atoms with Crippen molar-refractivity contribution in [3.63, 3.8) is 0 Å². The van der Waals surface area contributed by atoms with Gasteiger partial charge in [0.05, 0.1) is 6.54 Å². The molecule has 88 valence electrons.